The van der Waals surface area contributed by atoms with E-state index in [-0.39, 0.29) is 37.6 Å². The van der Waals surface area contributed by atoms with E-state index in [1.54, 1.807) is 49.4 Å². The van der Waals surface area contributed by atoms with Gasteiger partial charge in [0.25, 0.3) is 15.6 Å². The highest BCUT2D eigenvalue weighted by Crippen LogP contribution is 2.35. The number of pyridine rings is 2. The van der Waals surface area contributed by atoms with E-state index < -0.39 is 27.4 Å². The van der Waals surface area contributed by atoms with Gasteiger partial charge in [0.05, 0.1) is 32.7 Å². The first kappa shape index (κ1) is 28.1. The lowest BCUT2D eigenvalue weighted by atomic mass is 10.1. The van der Waals surface area contributed by atoms with Crippen LogP contribution in [0.3, 0.4) is 0 Å². The van der Waals surface area contributed by atoms with Crippen LogP contribution < -0.4 is 21.0 Å². The Labute approximate surface area is 248 Å². The van der Waals surface area contributed by atoms with Gasteiger partial charge in [0.2, 0.25) is 0 Å². The Morgan fingerprint density at radius 3 is 2.42 bits per heavy atom. The van der Waals surface area contributed by atoms with Gasteiger partial charge in [0.15, 0.2) is 5.43 Å². The van der Waals surface area contributed by atoms with Crippen molar-refractivity contribution < 1.29 is 12.8 Å². The number of hydrogen-bond donors (Lipinski definition) is 3. The monoisotopic (exact) mass is 616 g/mol. The molecule has 0 radical (unpaired) electrons. The number of anilines is 2. The van der Waals surface area contributed by atoms with E-state index in [9.17, 15) is 22.4 Å². The zero-order valence-electron chi connectivity index (χ0n) is 22.4. The second-order valence-electron chi connectivity index (χ2n) is 9.62. The minimum absolute atomic E-state index is 0.00102. The van der Waals surface area contributed by atoms with E-state index >= 15 is 0 Å². The molecule has 0 saturated carbocycles. The van der Waals surface area contributed by atoms with Crippen LogP contribution in [0, 0.1) is 5.82 Å². The second kappa shape index (κ2) is 11.0. The summed E-state index contributed by atoms with van der Waals surface area (Å²) in [5.74, 6) is -0.347. The molecule has 13 heteroatoms. The number of rotatable bonds is 7. The molecule has 6 aromatic rings. The molecule has 0 bridgehead atoms. The average molecular weight is 617 g/mol. The number of para-hydroxylation sites is 1. The number of aromatic amines is 1. The Bertz CT molecular complexity index is 2240. The van der Waals surface area contributed by atoms with Crippen molar-refractivity contribution in [3.8, 4) is 5.69 Å². The number of sulfonamides is 1. The van der Waals surface area contributed by atoms with Crippen molar-refractivity contribution >= 4 is 54.9 Å². The van der Waals surface area contributed by atoms with E-state index in [0.717, 1.165) is 24.3 Å². The molecule has 0 unspecified atom stereocenters. The van der Waals surface area contributed by atoms with Crippen molar-refractivity contribution in [2.24, 2.45) is 0 Å². The summed E-state index contributed by atoms with van der Waals surface area (Å²) in [6.07, 6.45) is 2.79. The van der Waals surface area contributed by atoms with Crippen molar-refractivity contribution in [1.29, 1.82) is 0 Å². The number of H-pyrrole nitrogens is 1. The minimum atomic E-state index is -4.19. The predicted molar refractivity (Wildman–Crippen MR) is 164 cm³/mol. The zero-order valence-corrected chi connectivity index (χ0v) is 23.9. The van der Waals surface area contributed by atoms with E-state index in [1.807, 2.05) is 0 Å². The maximum absolute atomic E-state index is 14.3. The summed E-state index contributed by atoms with van der Waals surface area (Å²) >= 11 is 7.04. The second-order valence-corrected chi connectivity index (χ2v) is 11.7. The highest BCUT2D eigenvalue weighted by molar-refractivity contribution is 7.92. The predicted octanol–water partition coefficient (Wildman–Crippen LogP) is 5.39. The maximum Gasteiger partial charge on any atom is 0.265 e. The van der Waals surface area contributed by atoms with Crippen LogP contribution >= 0.6 is 11.6 Å². The Kier molecular flexibility index (Phi) is 7.16. The SMILES string of the molecule is C[C@H](Nc1ncnc2[nH]ccc(=O)c12)c1c(Cl)c2cccc(NS(=O)(=O)c3ccc(F)cc3)c2c(=O)n1-c1ccccc1. The molecule has 1 atom stereocenters. The van der Waals surface area contributed by atoms with Crippen LogP contribution in [-0.4, -0.2) is 27.9 Å². The molecule has 3 aromatic heterocycles. The zero-order chi connectivity index (χ0) is 30.3. The number of aromatic nitrogens is 4. The van der Waals surface area contributed by atoms with E-state index in [4.69, 9.17) is 11.6 Å². The van der Waals surface area contributed by atoms with Gasteiger partial charge in [0, 0.05) is 23.3 Å². The molecule has 3 heterocycles. The van der Waals surface area contributed by atoms with Crippen LogP contribution in [0.5, 0.6) is 0 Å². The first-order chi connectivity index (χ1) is 20.7. The number of fused-ring (bicyclic) bond motifs is 2. The summed E-state index contributed by atoms with van der Waals surface area (Å²) in [4.78, 5) is 38.1. The first-order valence-corrected chi connectivity index (χ1v) is 14.8. The minimum Gasteiger partial charge on any atom is -0.361 e. The van der Waals surface area contributed by atoms with Crippen LogP contribution in [-0.2, 0) is 10.0 Å². The van der Waals surface area contributed by atoms with Gasteiger partial charge in [-0.05, 0) is 49.4 Å². The summed E-state index contributed by atoms with van der Waals surface area (Å²) in [5, 5.41) is 3.94. The molecule has 0 spiro atoms. The smallest absolute Gasteiger partial charge is 0.265 e. The summed E-state index contributed by atoms with van der Waals surface area (Å²) < 4.78 is 43.7. The van der Waals surface area contributed by atoms with Gasteiger partial charge in [-0.1, -0.05) is 41.9 Å². The fraction of sp³-hybridized carbons (Fsp3) is 0.0667. The Morgan fingerprint density at radius 2 is 1.67 bits per heavy atom. The summed E-state index contributed by atoms with van der Waals surface area (Å²) in [7, 11) is -4.19. The fourth-order valence-corrected chi connectivity index (χ4v) is 6.41. The van der Waals surface area contributed by atoms with Crippen LogP contribution in [0.15, 0.2) is 106 Å². The molecule has 0 aliphatic rings. The third kappa shape index (κ3) is 5.11. The summed E-state index contributed by atoms with van der Waals surface area (Å²) in [5.41, 5.74) is 0.313. The molecule has 0 saturated heterocycles. The number of benzene rings is 3. The molecule has 3 aromatic carbocycles. The molecular formula is C30H22ClFN6O4S. The molecule has 0 aliphatic carbocycles. The van der Waals surface area contributed by atoms with Gasteiger partial charge >= 0.3 is 0 Å². The molecule has 10 nitrogen and oxygen atoms in total. The van der Waals surface area contributed by atoms with Gasteiger partial charge in [-0.2, -0.15) is 0 Å². The van der Waals surface area contributed by atoms with Gasteiger partial charge in [-0.3, -0.25) is 18.9 Å². The van der Waals surface area contributed by atoms with Crippen molar-refractivity contribution in [3.63, 3.8) is 0 Å². The number of hydrogen-bond acceptors (Lipinski definition) is 7. The number of nitrogens with zero attached hydrogens (tertiary/aromatic N) is 3. The van der Waals surface area contributed by atoms with Crippen LogP contribution in [0.4, 0.5) is 15.9 Å². The largest absolute Gasteiger partial charge is 0.361 e. The van der Waals surface area contributed by atoms with Gasteiger partial charge in [-0.15, -0.1) is 0 Å². The summed E-state index contributed by atoms with van der Waals surface area (Å²) in [6, 6.07) is 18.4. The lowest BCUT2D eigenvalue weighted by molar-refractivity contribution is 0.599. The maximum atomic E-state index is 14.3. The van der Waals surface area contributed by atoms with Crippen molar-refractivity contribution in [2.75, 3.05) is 10.0 Å². The van der Waals surface area contributed by atoms with Gasteiger partial charge < -0.3 is 10.3 Å². The van der Waals surface area contributed by atoms with Crippen LogP contribution in [0.1, 0.15) is 18.7 Å². The standard InChI is InChI=1S/C30H22ClFN6O4S/c1-17(36-29-25-23(39)14-15-33-28(25)34-16-35-29)27-26(31)21-8-5-9-22(37-43(41,42)20-12-10-18(32)11-13-20)24(21)30(40)38(27)19-6-3-2-4-7-19/h2-17,37H,1H3,(H2,33,34,35,36,39)/t17-/m0/s1. The molecule has 43 heavy (non-hydrogen) atoms. The first-order valence-electron chi connectivity index (χ1n) is 13.0. The van der Waals surface area contributed by atoms with Gasteiger partial charge in [0.1, 0.15) is 29.0 Å². The quantitative estimate of drug-likeness (QED) is 0.219. The molecule has 0 fully saturated rings. The average Bonchev–Trinajstić information content (AvgIpc) is 2.99. The number of halogens is 2. The Morgan fingerprint density at radius 1 is 0.930 bits per heavy atom. The molecule has 3 N–H and O–H groups in total. The molecule has 6 rings (SSSR count). The highest BCUT2D eigenvalue weighted by Gasteiger charge is 2.25. The lowest BCUT2D eigenvalue weighted by Gasteiger charge is -2.24. The molecule has 0 aliphatic heterocycles. The van der Waals surface area contributed by atoms with Crippen LogP contribution in [0.25, 0.3) is 27.5 Å². The summed E-state index contributed by atoms with van der Waals surface area (Å²) in [6.45, 7) is 1.76. The van der Waals surface area contributed by atoms with Gasteiger partial charge in [-0.25, -0.2) is 22.8 Å². The van der Waals surface area contributed by atoms with E-state index in [1.165, 1.54) is 29.2 Å². The molecular weight excluding hydrogens is 595 g/mol. The van der Waals surface area contributed by atoms with Crippen molar-refractivity contribution in [2.45, 2.75) is 17.9 Å². The molecule has 0 amide bonds. The lowest BCUT2D eigenvalue weighted by Crippen LogP contribution is -2.27. The van der Waals surface area contributed by atoms with E-state index in [2.05, 4.69) is 25.0 Å². The fourth-order valence-electron chi connectivity index (χ4n) is 4.93. The van der Waals surface area contributed by atoms with Crippen molar-refractivity contribution in [3.05, 3.63) is 128 Å². The Hall–Kier alpha value is -5.07. The van der Waals surface area contributed by atoms with Crippen LogP contribution in [0.2, 0.25) is 5.02 Å². The Balaban J connectivity index is 1.55. The number of nitrogens with one attached hydrogen (secondary N) is 3. The van der Waals surface area contributed by atoms with E-state index in [0.29, 0.717) is 22.4 Å². The highest BCUT2D eigenvalue weighted by atomic mass is 35.5. The third-order valence-electron chi connectivity index (χ3n) is 6.88. The molecule has 216 valence electrons. The topological polar surface area (TPSA) is 139 Å². The van der Waals surface area contributed by atoms with Crippen molar-refractivity contribution in [1.82, 2.24) is 19.5 Å². The third-order valence-corrected chi connectivity index (χ3v) is 8.66. The normalized spacial score (nSPS) is 12.3.